The van der Waals surface area contributed by atoms with Crippen molar-refractivity contribution in [3.8, 4) is 0 Å². The normalized spacial score (nSPS) is 14.5. The van der Waals surface area contributed by atoms with Gasteiger partial charge in [0.1, 0.15) is 17.8 Å². The van der Waals surface area contributed by atoms with E-state index in [1.165, 1.54) is 18.6 Å². The van der Waals surface area contributed by atoms with E-state index in [-0.39, 0.29) is 10.7 Å². The van der Waals surface area contributed by atoms with Crippen LogP contribution in [0.15, 0.2) is 59.9 Å². The third-order valence-electron chi connectivity index (χ3n) is 5.10. The number of aryl methyl sites for hydroxylation is 1. The van der Waals surface area contributed by atoms with E-state index in [1.54, 1.807) is 36.4 Å². The Balaban J connectivity index is 1.51. The molecular weight excluding hydrogens is 441 g/mol. The second-order valence-corrected chi connectivity index (χ2v) is 9.37. The Morgan fingerprint density at radius 2 is 1.71 bits per heavy atom. The van der Waals surface area contributed by atoms with E-state index >= 15 is 0 Å². The van der Waals surface area contributed by atoms with E-state index in [9.17, 15) is 12.8 Å². The zero-order chi connectivity index (χ0) is 22.0. The number of nitrogens with zero attached hydrogens (tertiary/aromatic N) is 4. The Labute approximate surface area is 185 Å². The number of nitrogens with one attached hydrogen (secondary N) is 1. The van der Waals surface area contributed by atoms with Crippen molar-refractivity contribution in [3.05, 3.63) is 71.4 Å². The molecule has 2 heterocycles. The van der Waals surface area contributed by atoms with E-state index in [0.717, 1.165) is 5.56 Å². The van der Waals surface area contributed by atoms with Crippen molar-refractivity contribution in [2.24, 2.45) is 0 Å². The Hall–Kier alpha value is -2.91. The molecule has 10 heteroatoms. The largest absolute Gasteiger partial charge is 0.366 e. The molecule has 0 saturated carbocycles. The van der Waals surface area contributed by atoms with E-state index in [2.05, 4.69) is 14.7 Å². The number of aromatic nitrogens is 2. The van der Waals surface area contributed by atoms with Crippen molar-refractivity contribution < 1.29 is 12.8 Å². The third-order valence-corrected chi connectivity index (χ3v) is 6.71. The van der Waals surface area contributed by atoms with Gasteiger partial charge in [0, 0.05) is 31.2 Å². The van der Waals surface area contributed by atoms with Gasteiger partial charge >= 0.3 is 0 Å². The smallest absolute Gasteiger partial charge is 0.262 e. The molecule has 162 valence electrons. The average Bonchev–Trinajstić information content (AvgIpc) is 2.74. The highest BCUT2D eigenvalue weighted by molar-refractivity contribution is 7.92. The van der Waals surface area contributed by atoms with E-state index in [1.807, 2.05) is 16.7 Å². The lowest BCUT2D eigenvalue weighted by Crippen LogP contribution is -2.47. The first-order chi connectivity index (χ1) is 14.8. The summed E-state index contributed by atoms with van der Waals surface area (Å²) in [5.74, 6) is 0.122. The van der Waals surface area contributed by atoms with Crippen LogP contribution in [0.5, 0.6) is 0 Å². The summed E-state index contributed by atoms with van der Waals surface area (Å²) in [6, 6.07) is 11.2. The monoisotopic (exact) mass is 461 g/mol. The number of halogens is 2. The van der Waals surface area contributed by atoms with E-state index in [4.69, 9.17) is 11.6 Å². The highest BCUT2D eigenvalue weighted by Gasteiger charge is 2.24. The quantitative estimate of drug-likeness (QED) is 0.624. The second kappa shape index (κ2) is 8.68. The number of anilines is 3. The molecule has 0 radical (unpaired) electrons. The Morgan fingerprint density at radius 3 is 2.39 bits per heavy atom. The van der Waals surface area contributed by atoms with Crippen molar-refractivity contribution in [1.82, 2.24) is 9.97 Å². The van der Waals surface area contributed by atoms with Gasteiger partial charge in [-0.3, -0.25) is 4.72 Å². The highest BCUT2D eigenvalue weighted by atomic mass is 35.5. The van der Waals surface area contributed by atoms with Crippen molar-refractivity contribution in [3.63, 3.8) is 0 Å². The maximum atomic E-state index is 14.3. The fourth-order valence-electron chi connectivity index (χ4n) is 3.47. The molecule has 0 atom stereocenters. The first-order valence-electron chi connectivity index (χ1n) is 9.68. The summed E-state index contributed by atoms with van der Waals surface area (Å²) in [7, 11) is -3.78. The van der Waals surface area contributed by atoms with Gasteiger partial charge in [0.15, 0.2) is 5.82 Å². The molecule has 3 aromatic rings. The molecule has 1 aliphatic rings. The van der Waals surface area contributed by atoms with Crippen LogP contribution in [0.1, 0.15) is 5.56 Å². The lowest BCUT2D eigenvalue weighted by atomic mass is 10.2. The summed E-state index contributed by atoms with van der Waals surface area (Å²) in [5.41, 5.74) is 1.76. The molecule has 0 spiro atoms. The average molecular weight is 462 g/mol. The maximum Gasteiger partial charge on any atom is 0.262 e. The lowest BCUT2D eigenvalue weighted by Gasteiger charge is -2.37. The lowest BCUT2D eigenvalue weighted by molar-refractivity contribution is 0.595. The van der Waals surface area contributed by atoms with Crippen molar-refractivity contribution in [2.75, 3.05) is 40.7 Å². The zero-order valence-corrected chi connectivity index (χ0v) is 18.4. The van der Waals surface area contributed by atoms with Gasteiger partial charge in [-0.2, -0.15) is 0 Å². The molecule has 0 bridgehead atoms. The Bertz CT molecular complexity index is 1180. The summed E-state index contributed by atoms with van der Waals surface area (Å²) >= 11 is 5.84. The van der Waals surface area contributed by atoms with Crippen molar-refractivity contribution in [2.45, 2.75) is 11.8 Å². The van der Waals surface area contributed by atoms with Gasteiger partial charge < -0.3 is 9.80 Å². The highest BCUT2D eigenvalue weighted by Crippen LogP contribution is 2.28. The molecule has 0 unspecified atom stereocenters. The van der Waals surface area contributed by atoms with Crippen LogP contribution in [0.2, 0.25) is 5.02 Å². The predicted octanol–water partition coefficient (Wildman–Crippen LogP) is 3.70. The standard InChI is InChI=1S/C21H21ClFN5O2S/c1-15-2-5-17(6-3-15)31(29,30)26-19-13-24-14-25-21(19)28-10-8-27(9-11-28)20-7-4-16(22)12-18(20)23/h2-7,12-14,26H,8-11H2,1H3. The molecule has 0 amide bonds. The number of rotatable bonds is 5. The van der Waals surface area contributed by atoms with Gasteiger partial charge in [0.2, 0.25) is 0 Å². The third kappa shape index (κ3) is 4.72. The fraction of sp³-hybridized carbons (Fsp3) is 0.238. The molecule has 1 saturated heterocycles. The summed E-state index contributed by atoms with van der Waals surface area (Å²) in [6.07, 6.45) is 2.82. The van der Waals surface area contributed by atoms with E-state index < -0.39 is 10.0 Å². The van der Waals surface area contributed by atoms with Crippen LogP contribution < -0.4 is 14.5 Å². The first-order valence-corrected chi connectivity index (χ1v) is 11.5. The molecular formula is C21H21ClFN5O2S. The minimum atomic E-state index is -3.78. The number of sulfonamides is 1. The van der Waals surface area contributed by atoms with E-state index in [0.29, 0.717) is 48.4 Å². The molecule has 0 aliphatic carbocycles. The molecule has 7 nitrogen and oxygen atoms in total. The molecule has 1 fully saturated rings. The minimum Gasteiger partial charge on any atom is -0.366 e. The van der Waals surface area contributed by atoms with Crippen LogP contribution in [0, 0.1) is 12.7 Å². The summed E-state index contributed by atoms with van der Waals surface area (Å²) in [6.45, 7) is 4.07. The van der Waals surface area contributed by atoms with Crippen LogP contribution >= 0.6 is 11.6 Å². The predicted molar refractivity (Wildman–Crippen MR) is 120 cm³/mol. The van der Waals surface area contributed by atoms with Crippen LogP contribution in [0.3, 0.4) is 0 Å². The van der Waals surface area contributed by atoms with Crippen LogP contribution in [0.4, 0.5) is 21.6 Å². The molecule has 1 N–H and O–H groups in total. The summed E-state index contributed by atoms with van der Waals surface area (Å²) < 4.78 is 42.5. The summed E-state index contributed by atoms with van der Waals surface area (Å²) in [4.78, 5) is 12.3. The van der Waals surface area contributed by atoms with Gasteiger partial charge in [-0.15, -0.1) is 0 Å². The number of piperazine rings is 1. The first kappa shape index (κ1) is 21.3. The van der Waals surface area contributed by atoms with Crippen molar-refractivity contribution >= 4 is 38.8 Å². The van der Waals surface area contributed by atoms with Gasteiger partial charge in [-0.05, 0) is 37.3 Å². The number of hydrogen-bond donors (Lipinski definition) is 1. The Kier molecular flexibility index (Phi) is 5.97. The van der Waals surface area contributed by atoms with Crippen LogP contribution in [0.25, 0.3) is 0 Å². The van der Waals surface area contributed by atoms with Gasteiger partial charge in [0.05, 0.1) is 16.8 Å². The van der Waals surface area contributed by atoms with Gasteiger partial charge in [-0.1, -0.05) is 29.3 Å². The molecule has 31 heavy (non-hydrogen) atoms. The van der Waals surface area contributed by atoms with Crippen LogP contribution in [-0.4, -0.2) is 44.6 Å². The molecule has 1 aliphatic heterocycles. The maximum absolute atomic E-state index is 14.3. The van der Waals surface area contributed by atoms with Gasteiger partial charge in [0.25, 0.3) is 10.0 Å². The second-order valence-electron chi connectivity index (χ2n) is 7.25. The molecule has 4 rings (SSSR count). The SMILES string of the molecule is Cc1ccc(S(=O)(=O)Nc2cncnc2N2CCN(c3ccc(Cl)cc3F)CC2)cc1. The van der Waals surface area contributed by atoms with Crippen LogP contribution in [-0.2, 0) is 10.0 Å². The number of benzene rings is 2. The minimum absolute atomic E-state index is 0.163. The fourth-order valence-corrected chi connectivity index (χ4v) is 4.67. The summed E-state index contributed by atoms with van der Waals surface area (Å²) in [5, 5.41) is 0.353. The topological polar surface area (TPSA) is 78.4 Å². The van der Waals surface area contributed by atoms with Crippen molar-refractivity contribution in [1.29, 1.82) is 0 Å². The Morgan fingerprint density at radius 1 is 1.03 bits per heavy atom. The van der Waals surface area contributed by atoms with Gasteiger partial charge in [-0.25, -0.2) is 22.8 Å². The zero-order valence-electron chi connectivity index (χ0n) is 16.8. The number of hydrogen-bond acceptors (Lipinski definition) is 6. The molecule has 1 aromatic heterocycles. The molecule has 2 aromatic carbocycles.